The first-order valence-electron chi connectivity index (χ1n) is 8.86. The van der Waals surface area contributed by atoms with Gasteiger partial charge in [-0.1, -0.05) is 18.2 Å². The predicted octanol–water partition coefficient (Wildman–Crippen LogP) is 2.04. The number of para-hydroxylation sites is 2. The van der Waals surface area contributed by atoms with Crippen LogP contribution in [0.5, 0.6) is 11.5 Å². The van der Waals surface area contributed by atoms with Crippen LogP contribution in [-0.2, 0) is 0 Å². The fourth-order valence-electron chi connectivity index (χ4n) is 3.20. The Morgan fingerprint density at radius 3 is 2.68 bits per heavy atom. The molecule has 2 heterocycles. The van der Waals surface area contributed by atoms with E-state index in [1.54, 1.807) is 6.07 Å². The number of hydrogen-bond donors (Lipinski definition) is 1. The Morgan fingerprint density at radius 2 is 1.89 bits per heavy atom. The molecule has 0 aliphatic carbocycles. The molecule has 0 unspecified atom stereocenters. The van der Waals surface area contributed by atoms with Crippen LogP contribution in [0.2, 0.25) is 0 Å². The van der Waals surface area contributed by atoms with E-state index in [9.17, 15) is 14.4 Å². The first kappa shape index (κ1) is 17.8. The second kappa shape index (κ2) is 7.19. The summed E-state index contributed by atoms with van der Waals surface area (Å²) in [6.07, 6.45) is 1.17. The molecule has 3 amide bonds. The van der Waals surface area contributed by atoms with Crippen LogP contribution in [0.4, 0.5) is 0 Å². The normalized spacial score (nSPS) is 17.3. The highest BCUT2D eigenvalue weighted by molar-refractivity contribution is 6.22. The lowest BCUT2D eigenvalue weighted by atomic mass is 10.1. The second-order valence-electron chi connectivity index (χ2n) is 6.48. The third-order valence-electron chi connectivity index (χ3n) is 4.60. The van der Waals surface area contributed by atoms with Crippen molar-refractivity contribution < 1.29 is 23.9 Å². The molecule has 0 fully saturated rings. The number of nitrogens with zero attached hydrogens (tertiary/aromatic N) is 1. The van der Waals surface area contributed by atoms with Crippen molar-refractivity contribution in [2.75, 3.05) is 19.7 Å². The van der Waals surface area contributed by atoms with E-state index >= 15 is 0 Å². The Labute approximate surface area is 161 Å². The van der Waals surface area contributed by atoms with E-state index in [1.165, 1.54) is 24.3 Å². The summed E-state index contributed by atoms with van der Waals surface area (Å²) in [4.78, 5) is 38.2. The zero-order valence-corrected chi connectivity index (χ0v) is 15.0. The van der Waals surface area contributed by atoms with Crippen molar-refractivity contribution >= 4 is 17.7 Å². The third kappa shape index (κ3) is 3.11. The van der Waals surface area contributed by atoms with Crippen LogP contribution < -0.4 is 14.8 Å². The fraction of sp³-hybridized carbons (Fsp3) is 0.190. The standard InChI is InChI=1S/C21H18N2O5/c1-2-9-23-20(25)15-8-7-13(10-16(15)21(23)26)19(24)22-11-14-12-27-17-5-3-4-6-18(17)28-14/h2-8,10,14H,1,9,11-12H2,(H,22,24)/t14-/m1/s1. The summed E-state index contributed by atoms with van der Waals surface area (Å²) in [7, 11) is 0. The number of fused-ring (bicyclic) bond motifs is 2. The summed E-state index contributed by atoms with van der Waals surface area (Å²) in [6, 6.07) is 11.8. The van der Waals surface area contributed by atoms with Crippen LogP contribution in [0.15, 0.2) is 55.1 Å². The molecular weight excluding hydrogens is 360 g/mol. The van der Waals surface area contributed by atoms with Crippen LogP contribution in [0, 0.1) is 0 Å². The Balaban J connectivity index is 1.42. The molecule has 2 aliphatic rings. The van der Waals surface area contributed by atoms with E-state index in [2.05, 4.69) is 11.9 Å². The highest BCUT2D eigenvalue weighted by atomic mass is 16.6. The molecule has 2 aromatic rings. The average molecular weight is 378 g/mol. The van der Waals surface area contributed by atoms with Crippen molar-refractivity contribution in [3.8, 4) is 11.5 Å². The Hall–Kier alpha value is -3.61. The van der Waals surface area contributed by atoms with Gasteiger partial charge in [-0.25, -0.2) is 0 Å². The van der Waals surface area contributed by atoms with Crippen molar-refractivity contribution in [1.29, 1.82) is 0 Å². The van der Waals surface area contributed by atoms with Gasteiger partial charge >= 0.3 is 0 Å². The molecule has 7 nitrogen and oxygen atoms in total. The van der Waals surface area contributed by atoms with Gasteiger partial charge in [-0.15, -0.1) is 6.58 Å². The third-order valence-corrected chi connectivity index (χ3v) is 4.60. The molecule has 0 bridgehead atoms. The summed E-state index contributed by atoms with van der Waals surface area (Å²) >= 11 is 0. The topological polar surface area (TPSA) is 84.9 Å². The van der Waals surface area contributed by atoms with Crippen molar-refractivity contribution in [3.63, 3.8) is 0 Å². The van der Waals surface area contributed by atoms with Gasteiger partial charge in [-0.05, 0) is 30.3 Å². The minimum Gasteiger partial charge on any atom is -0.486 e. The van der Waals surface area contributed by atoms with Crippen molar-refractivity contribution in [2.24, 2.45) is 0 Å². The van der Waals surface area contributed by atoms with Gasteiger partial charge in [0, 0.05) is 12.1 Å². The van der Waals surface area contributed by atoms with Crippen molar-refractivity contribution in [1.82, 2.24) is 10.2 Å². The van der Waals surface area contributed by atoms with Crippen LogP contribution >= 0.6 is 0 Å². The number of rotatable bonds is 5. The summed E-state index contributed by atoms with van der Waals surface area (Å²) < 4.78 is 11.4. The molecule has 1 N–H and O–H groups in total. The zero-order valence-electron chi connectivity index (χ0n) is 15.0. The Bertz CT molecular complexity index is 985. The summed E-state index contributed by atoms with van der Waals surface area (Å²) in [5.74, 6) is 0.161. The van der Waals surface area contributed by atoms with Crippen molar-refractivity contribution in [2.45, 2.75) is 6.10 Å². The molecule has 0 aromatic heterocycles. The summed E-state index contributed by atoms with van der Waals surface area (Å²) in [5.41, 5.74) is 0.826. The minimum atomic E-state index is -0.421. The largest absolute Gasteiger partial charge is 0.486 e. The molecule has 1 atom stereocenters. The lowest BCUT2D eigenvalue weighted by Crippen LogP contribution is -2.40. The molecule has 0 saturated heterocycles. The maximum absolute atomic E-state index is 12.5. The number of nitrogens with one attached hydrogen (secondary N) is 1. The Morgan fingerprint density at radius 1 is 1.14 bits per heavy atom. The van der Waals surface area contributed by atoms with E-state index in [4.69, 9.17) is 9.47 Å². The van der Waals surface area contributed by atoms with E-state index in [0.717, 1.165) is 4.90 Å². The maximum Gasteiger partial charge on any atom is 0.261 e. The number of carbonyl (C=O) groups excluding carboxylic acids is 3. The summed E-state index contributed by atoms with van der Waals surface area (Å²) in [5, 5.41) is 2.78. The van der Waals surface area contributed by atoms with E-state index < -0.39 is 5.91 Å². The lowest BCUT2D eigenvalue weighted by Gasteiger charge is -2.26. The van der Waals surface area contributed by atoms with Gasteiger partial charge < -0.3 is 14.8 Å². The van der Waals surface area contributed by atoms with Gasteiger partial charge in [0.15, 0.2) is 11.5 Å². The van der Waals surface area contributed by atoms with E-state index in [-0.39, 0.29) is 36.6 Å². The van der Waals surface area contributed by atoms with E-state index in [0.29, 0.717) is 29.2 Å². The van der Waals surface area contributed by atoms with Gasteiger partial charge in [0.2, 0.25) is 0 Å². The highest BCUT2D eigenvalue weighted by Gasteiger charge is 2.35. The molecule has 0 saturated carbocycles. The second-order valence-corrected chi connectivity index (χ2v) is 6.48. The van der Waals surface area contributed by atoms with Crippen LogP contribution in [0.25, 0.3) is 0 Å². The molecule has 28 heavy (non-hydrogen) atoms. The lowest BCUT2D eigenvalue weighted by molar-refractivity contribution is 0.0672. The van der Waals surface area contributed by atoms with Crippen LogP contribution in [0.3, 0.4) is 0 Å². The molecule has 0 spiro atoms. The van der Waals surface area contributed by atoms with Gasteiger partial charge in [0.05, 0.1) is 17.7 Å². The number of benzene rings is 2. The number of carbonyl (C=O) groups is 3. The molecule has 2 aliphatic heterocycles. The monoisotopic (exact) mass is 378 g/mol. The van der Waals surface area contributed by atoms with Gasteiger partial charge in [0.1, 0.15) is 12.7 Å². The number of amides is 3. The highest BCUT2D eigenvalue weighted by Crippen LogP contribution is 2.30. The van der Waals surface area contributed by atoms with Gasteiger partial charge in [0.25, 0.3) is 17.7 Å². The molecule has 0 radical (unpaired) electrons. The average Bonchev–Trinajstić information content (AvgIpc) is 2.96. The van der Waals surface area contributed by atoms with Gasteiger partial charge in [-0.2, -0.15) is 0 Å². The first-order valence-corrected chi connectivity index (χ1v) is 8.86. The molecule has 142 valence electrons. The van der Waals surface area contributed by atoms with E-state index in [1.807, 2.05) is 18.2 Å². The maximum atomic E-state index is 12.5. The number of hydrogen-bond acceptors (Lipinski definition) is 5. The fourth-order valence-corrected chi connectivity index (χ4v) is 3.20. The minimum absolute atomic E-state index is 0.133. The van der Waals surface area contributed by atoms with Crippen LogP contribution in [0.1, 0.15) is 31.1 Å². The molecular formula is C21H18N2O5. The smallest absolute Gasteiger partial charge is 0.261 e. The number of ether oxygens (including phenoxy) is 2. The molecule has 4 rings (SSSR count). The zero-order chi connectivity index (χ0) is 19.7. The van der Waals surface area contributed by atoms with Gasteiger partial charge in [-0.3, -0.25) is 19.3 Å². The SMILES string of the molecule is C=CCN1C(=O)c2ccc(C(=O)NC[C@@H]3COc4ccccc4O3)cc2C1=O. The summed E-state index contributed by atoms with van der Waals surface area (Å²) in [6.45, 7) is 4.26. The number of imide groups is 1. The Kier molecular flexibility index (Phi) is 4.57. The predicted molar refractivity (Wildman–Crippen MR) is 101 cm³/mol. The first-order chi connectivity index (χ1) is 13.6. The van der Waals surface area contributed by atoms with Crippen molar-refractivity contribution in [3.05, 3.63) is 71.8 Å². The molecule has 7 heteroatoms. The van der Waals surface area contributed by atoms with Crippen LogP contribution in [-0.4, -0.2) is 48.4 Å². The molecule has 2 aromatic carbocycles. The quantitative estimate of drug-likeness (QED) is 0.636.